The van der Waals surface area contributed by atoms with Crippen LogP contribution in [-0.2, 0) is 11.2 Å². The number of piperidine rings is 1. The predicted molar refractivity (Wildman–Crippen MR) is 106 cm³/mol. The van der Waals surface area contributed by atoms with E-state index in [0.717, 1.165) is 43.6 Å². The van der Waals surface area contributed by atoms with Gasteiger partial charge in [0.2, 0.25) is 5.91 Å². The lowest BCUT2D eigenvalue weighted by Gasteiger charge is -2.34. The van der Waals surface area contributed by atoms with Gasteiger partial charge in [-0.05, 0) is 54.5 Å². The molecule has 1 saturated heterocycles. The predicted octanol–water partition coefficient (Wildman–Crippen LogP) is 4.24. The molecule has 1 aliphatic heterocycles. The van der Waals surface area contributed by atoms with E-state index in [0.29, 0.717) is 18.4 Å². The van der Waals surface area contributed by atoms with E-state index < -0.39 is 0 Å². The molecule has 1 aromatic heterocycles. The summed E-state index contributed by atoms with van der Waals surface area (Å²) in [6, 6.07) is 13.0. The van der Waals surface area contributed by atoms with Crippen molar-refractivity contribution in [3.63, 3.8) is 0 Å². The first-order chi connectivity index (χ1) is 12.6. The maximum absolute atomic E-state index is 12.6. The third kappa shape index (κ3) is 5.07. The Labute approximate surface area is 156 Å². The molecule has 0 unspecified atom stereocenters. The van der Waals surface area contributed by atoms with Crippen molar-refractivity contribution >= 4 is 11.6 Å². The molecule has 26 heavy (non-hydrogen) atoms. The van der Waals surface area contributed by atoms with Gasteiger partial charge in [-0.1, -0.05) is 32.0 Å². The fourth-order valence-corrected chi connectivity index (χ4v) is 3.48. The molecule has 1 atom stereocenters. The van der Waals surface area contributed by atoms with Gasteiger partial charge in [0.05, 0.1) is 0 Å². The Morgan fingerprint density at radius 1 is 1.27 bits per heavy atom. The molecule has 1 N–H and O–H groups in total. The monoisotopic (exact) mass is 351 g/mol. The molecule has 4 heteroatoms. The number of hydrogen-bond acceptors (Lipinski definition) is 3. The van der Waals surface area contributed by atoms with Gasteiger partial charge in [0.15, 0.2) is 0 Å². The number of likely N-dealkylation sites (tertiary alicyclic amines) is 1. The highest BCUT2D eigenvalue weighted by molar-refractivity contribution is 5.76. The molecule has 1 aliphatic rings. The van der Waals surface area contributed by atoms with Crippen LogP contribution < -0.4 is 5.32 Å². The Balaban J connectivity index is 1.51. The maximum atomic E-state index is 12.6. The zero-order valence-electron chi connectivity index (χ0n) is 15.8. The van der Waals surface area contributed by atoms with Gasteiger partial charge in [-0.25, -0.2) is 0 Å². The van der Waals surface area contributed by atoms with Crippen molar-refractivity contribution in [3.8, 4) is 0 Å². The van der Waals surface area contributed by atoms with Gasteiger partial charge in [-0.15, -0.1) is 0 Å². The Morgan fingerprint density at radius 2 is 2.08 bits per heavy atom. The zero-order chi connectivity index (χ0) is 18.4. The number of anilines is 1. The van der Waals surface area contributed by atoms with Crippen LogP contribution in [0.25, 0.3) is 0 Å². The quantitative estimate of drug-likeness (QED) is 0.846. The lowest BCUT2D eigenvalue weighted by atomic mass is 10.0. The number of rotatable bonds is 6. The topological polar surface area (TPSA) is 45.2 Å². The van der Waals surface area contributed by atoms with E-state index >= 15 is 0 Å². The van der Waals surface area contributed by atoms with Crippen molar-refractivity contribution in [3.05, 3.63) is 59.9 Å². The number of pyridine rings is 1. The van der Waals surface area contributed by atoms with E-state index in [4.69, 9.17) is 0 Å². The lowest BCUT2D eigenvalue weighted by Crippen LogP contribution is -2.45. The number of aryl methyl sites for hydroxylation is 1. The van der Waals surface area contributed by atoms with E-state index in [1.807, 2.05) is 23.2 Å². The van der Waals surface area contributed by atoms with E-state index in [1.54, 1.807) is 6.20 Å². The van der Waals surface area contributed by atoms with Gasteiger partial charge in [0, 0.05) is 43.6 Å². The second-order valence-electron chi connectivity index (χ2n) is 7.46. The number of nitrogens with one attached hydrogen (secondary N) is 1. The zero-order valence-corrected chi connectivity index (χ0v) is 15.8. The molecule has 2 aromatic rings. The molecule has 1 amide bonds. The summed E-state index contributed by atoms with van der Waals surface area (Å²) in [7, 11) is 0. The molecule has 4 nitrogen and oxygen atoms in total. The largest absolute Gasteiger partial charge is 0.381 e. The number of nitrogens with zero attached hydrogens (tertiary/aromatic N) is 2. The standard InChI is InChI=1S/C22H29N3O/c1-17(2)19-8-10-20(11-9-19)24-21-6-4-14-25(16-21)22(26)12-7-18-5-3-13-23-15-18/h3,5,8-11,13,15,17,21,24H,4,6-7,12,14,16H2,1-2H3/t21-/m1/s1. The molecule has 0 bridgehead atoms. The number of aromatic nitrogens is 1. The van der Waals surface area contributed by atoms with Crippen molar-refractivity contribution in [1.29, 1.82) is 0 Å². The number of benzene rings is 1. The molecule has 1 fully saturated rings. The van der Waals surface area contributed by atoms with Gasteiger partial charge >= 0.3 is 0 Å². The van der Waals surface area contributed by atoms with Gasteiger partial charge in [-0.2, -0.15) is 0 Å². The number of hydrogen-bond donors (Lipinski definition) is 1. The van der Waals surface area contributed by atoms with E-state index in [1.165, 1.54) is 5.56 Å². The minimum Gasteiger partial charge on any atom is -0.381 e. The molecule has 3 rings (SSSR count). The molecule has 2 heterocycles. The number of carbonyl (C=O) groups is 1. The summed E-state index contributed by atoms with van der Waals surface area (Å²) in [5, 5.41) is 3.60. The Kier molecular flexibility index (Phi) is 6.26. The maximum Gasteiger partial charge on any atom is 0.222 e. The van der Waals surface area contributed by atoms with E-state index in [-0.39, 0.29) is 5.91 Å². The van der Waals surface area contributed by atoms with Crippen LogP contribution in [-0.4, -0.2) is 34.9 Å². The van der Waals surface area contributed by atoms with Crippen LogP contribution >= 0.6 is 0 Å². The highest BCUT2D eigenvalue weighted by Gasteiger charge is 2.23. The van der Waals surface area contributed by atoms with E-state index in [9.17, 15) is 4.79 Å². The highest BCUT2D eigenvalue weighted by Crippen LogP contribution is 2.20. The average molecular weight is 351 g/mol. The highest BCUT2D eigenvalue weighted by atomic mass is 16.2. The summed E-state index contributed by atoms with van der Waals surface area (Å²) in [6.45, 7) is 6.07. The summed E-state index contributed by atoms with van der Waals surface area (Å²) < 4.78 is 0. The smallest absolute Gasteiger partial charge is 0.222 e. The molecular weight excluding hydrogens is 322 g/mol. The van der Waals surface area contributed by atoms with Crippen molar-refractivity contribution in [1.82, 2.24) is 9.88 Å². The number of amides is 1. The third-order valence-corrected chi connectivity index (χ3v) is 5.07. The normalized spacial score (nSPS) is 17.3. The van der Waals surface area contributed by atoms with Crippen LogP contribution in [0.3, 0.4) is 0 Å². The first-order valence-electron chi connectivity index (χ1n) is 9.65. The molecular formula is C22H29N3O. The van der Waals surface area contributed by atoms with Gasteiger partial charge < -0.3 is 10.2 Å². The first-order valence-corrected chi connectivity index (χ1v) is 9.65. The average Bonchev–Trinajstić information content (AvgIpc) is 2.67. The first kappa shape index (κ1) is 18.4. The molecule has 0 saturated carbocycles. The summed E-state index contributed by atoms with van der Waals surface area (Å²) in [4.78, 5) is 18.7. The SMILES string of the molecule is CC(C)c1ccc(N[C@@H]2CCCN(C(=O)CCc3cccnc3)C2)cc1. The minimum atomic E-state index is 0.246. The van der Waals surface area contributed by atoms with Gasteiger partial charge in [-0.3, -0.25) is 9.78 Å². The molecule has 0 radical (unpaired) electrons. The molecule has 138 valence electrons. The fourth-order valence-electron chi connectivity index (χ4n) is 3.48. The van der Waals surface area contributed by atoms with Gasteiger partial charge in [0.25, 0.3) is 0 Å². The number of carbonyl (C=O) groups excluding carboxylic acids is 1. The summed E-state index contributed by atoms with van der Waals surface area (Å²) >= 11 is 0. The van der Waals surface area contributed by atoms with Crippen LogP contribution in [0.1, 0.15) is 50.2 Å². The van der Waals surface area contributed by atoms with Crippen molar-refractivity contribution in [2.45, 2.75) is 51.5 Å². The minimum absolute atomic E-state index is 0.246. The van der Waals surface area contributed by atoms with Crippen LogP contribution in [0.2, 0.25) is 0 Å². The van der Waals surface area contributed by atoms with Crippen LogP contribution in [0.15, 0.2) is 48.8 Å². The van der Waals surface area contributed by atoms with Crippen molar-refractivity contribution in [2.24, 2.45) is 0 Å². The fraction of sp³-hybridized carbons (Fsp3) is 0.455. The Bertz CT molecular complexity index is 697. The summed E-state index contributed by atoms with van der Waals surface area (Å²) in [5.41, 5.74) is 3.62. The summed E-state index contributed by atoms with van der Waals surface area (Å²) in [6.07, 6.45) is 7.09. The molecule has 1 aromatic carbocycles. The molecule has 0 aliphatic carbocycles. The third-order valence-electron chi connectivity index (χ3n) is 5.07. The van der Waals surface area contributed by atoms with Crippen molar-refractivity contribution < 1.29 is 4.79 Å². The van der Waals surface area contributed by atoms with Crippen LogP contribution in [0, 0.1) is 0 Å². The molecule has 0 spiro atoms. The van der Waals surface area contributed by atoms with Crippen LogP contribution in [0.4, 0.5) is 5.69 Å². The van der Waals surface area contributed by atoms with E-state index in [2.05, 4.69) is 48.4 Å². The lowest BCUT2D eigenvalue weighted by molar-refractivity contribution is -0.132. The Hall–Kier alpha value is -2.36. The summed E-state index contributed by atoms with van der Waals surface area (Å²) in [5.74, 6) is 0.794. The Morgan fingerprint density at radius 3 is 2.77 bits per heavy atom. The van der Waals surface area contributed by atoms with Crippen LogP contribution in [0.5, 0.6) is 0 Å². The second kappa shape index (κ2) is 8.84. The van der Waals surface area contributed by atoms with Crippen molar-refractivity contribution in [2.75, 3.05) is 18.4 Å². The van der Waals surface area contributed by atoms with Gasteiger partial charge in [0.1, 0.15) is 0 Å². The second-order valence-corrected chi connectivity index (χ2v) is 7.46.